The third-order valence-corrected chi connectivity index (χ3v) is 7.07. The van der Waals surface area contributed by atoms with Crippen LogP contribution in [0.1, 0.15) is 40.2 Å². The van der Waals surface area contributed by atoms with Gasteiger partial charge in [-0.1, -0.05) is 19.1 Å². The molecule has 1 unspecified atom stereocenters. The predicted octanol–water partition coefficient (Wildman–Crippen LogP) is 4.75. The Hall–Kier alpha value is -2.84. The van der Waals surface area contributed by atoms with Gasteiger partial charge in [0.1, 0.15) is 5.75 Å². The number of hydrogen-bond acceptors (Lipinski definition) is 5. The molecule has 0 aliphatic rings. The molecule has 0 aliphatic carbocycles. The highest BCUT2D eigenvalue weighted by atomic mass is 32.2. The Bertz CT molecular complexity index is 1110. The van der Waals surface area contributed by atoms with Gasteiger partial charge >= 0.3 is 0 Å². The monoisotopic (exact) mass is 444 g/mol. The van der Waals surface area contributed by atoms with Crippen molar-refractivity contribution in [2.24, 2.45) is 0 Å². The number of hydrogen-bond donors (Lipinski definition) is 2. The molecule has 3 rings (SSSR count). The molecule has 2 N–H and O–H groups in total. The maximum Gasteiger partial charge on any atom is 0.261 e. The minimum atomic E-state index is -3.85. The minimum absolute atomic E-state index is 0.0261. The first-order valence-electron chi connectivity index (χ1n) is 9.46. The molecule has 0 aliphatic heterocycles. The van der Waals surface area contributed by atoms with Crippen molar-refractivity contribution < 1.29 is 17.9 Å². The zero-order valence-electron chi connectivity index (χ0n) is 17.0. The van der Waals surface area contributed by atoms with Crippen molar-refractivity contribution in [1.29, 1.82) is 0 Å². The van der Waals surface area contributed by atoms with Crippen LogP contribution in [-0.4, -0.2) is 21.4 Å². The molecule has 1 aromatic heterocycles. The SMILES string of the molecule is CCC(NC(=O)c1cc(S(=O)(=O)Nc2ccc(OC)cc2)ccc1C)c1cccs1. The van der Waals surface area contributed by atoms with Gasteiger partial charge in [-0.15, -0.1) is 11.3 Å². The standard InChI is InChI=1S/C22H24N2O4S2/c1-4-20(21-6-5-13-29-21)23-22(25)19-14-18(12-7-15(19)2)30(26,27)24-16-8-10-17(28-3)11-9-16/h5-14,20,24H,4H2,1-3H3,(H,23,25). The molecule has 0 fully saturated rings. The fraction of sp³-hybridized carbons (Fsp3) is 0.227. The Morgan fingerprint density at radius 3 is 2.47 bits per heavy atom. The van der Waals surface area contributed by atoms with Gasteiger partial charge in [0.15, 0.2) is 0 Å². The van der Waals surface area contributed by atoms with E-state index in [1.807, 2.05) is 24.4 Å². The van der Waals surface area contributed by atoms with Gasteiger partial charge in [-0.3, -0.25) is 9.52 Å². The second-order valence-corrected chi connectivity index (χ2v) is 9.42. The van der Waals surface area contributed by atoms with E-state index in [1.165, 1.54) is 12.1 Å². The zero-order valence-corrected chi connectivity index (χ0v) is 18.6. The first-order valence-corrected chi connectivity index (χ1v) is 11.8. The molecule has 0 radical (unpaired) electrons. The molecule has 6 nitrogen and oxygen atoms in total. The zero-order chi connectivity index (χ0) is 21.7. The van der Waals surface area contributed by atoms with Crippen molar-refractivity contribution in [2.75, 3.05) is 11.8 Å². The van der Waals surface area contributed by atoms with Gasteiger partial charge in [0.05, 0.1) is 18.0 Å². The molecular weight excluding hydrogens is 420 g/mol. The van der Waals surface area contributed by atoms with E-state index in [4.69, 9.17) is 4.74 Å². The van der Waals surface area contributed by atoms with E-state index in [0.717, 1.165) is 11.3 Å². The van der Waals surface area contributed by atoms with Crippen molar-refractivity contribution in [3.63, 3.8) is 0 Å². The third kappa shape index (κ3) is 5.01. The van der Waals surface area contributed by atoms with Crippen LogP contribution in [0.3, 0.4) is 0 Å². The molecule has 158 valence electrons. The van der Waals surface area contributed by atoms with Gasteiger partial charge in [-0.25, -0.2) is 8.42 Å². The summed E-state index contributed by atoms with van der Waals surface area (Å²) in [6.45, 7) is 3.78. The number of carbonyl (C=O) groups excluding carboxylic acids is 1. The van der Waals surface area contributed by atoms with Crippen molar-refractivity contribution in [3.8, 4) is 5.75 Å². The van der Waals surface area contributed by atoms with Gasteiger partial charge in [0.2, 0.25) is 0 Å². The van der Waals surface area contributed by atoms with E-state index >= 15 is 0 Å². The van der Waals surface area contributed by atoms with E-state index in [0.29, 0.717) is 22.6 Å². The number of nitrogens with one attached hydrogen (secondary N) is 2. The third-order valence-electron chi connectivity index (χ3n) is 4.71. The van der Waals surface area contributed by atoms with Crippen molar-refractivity contribution in [3.05, 3.63) is 76.0 Å². The molecule has 0 spiro atoms. The van der Waals surface area contributed by atoms with Crippen LogP contribution in [-0.2, 0) is 10.0 Å². The normalized spacial score (nSPS) is 12.2. The van der Waals surface area contributed by atoms with Crippen molar-refractivity contribution >= 4 is 33.0 Å². The maximum atomic E-state index is 12.9. The van der Waals surface area contributed by atoms with E-state index in [1.54, 1.807) is 55.7 Å². The lowest BCUT2D eigenvalue weighted by molar-refractivity contribution is 0.0935. The van der Waals surface area contributed by atoms with Gasteiger partial charge in [0.25, 0.3) is 15.9 Å². The molecule has 1 atom stereocenters. The smallest absolute Gasteiger partial charge is 0.261 e. The molecule has 8 heteroatoms. The number of amides is 1. The molecule has 0 bridgehead atoms. The summed E-state index contributed by atoms with van der Waals surface area (Å²) in [7, 11) is -2.31. The number of rotatable bonds is 8. The van der Waals surface area contributed by atoms with E-state index < -0.39 is 10.0 Å². The summed E-state index contributed by atoms with van der Waals surface area (Å²) in [4.78, 5) is 14.0. The Labute approximate surface area is 181 Å². The van der Waals surface area contributed by atoms with Crippen molar-refractivity contribution in [1.82, 2.24) is 5.32 Å². The fourth-order valence-corrected chi connectivity index (χ4v) is 4.93. The highest BCUT2D eigenvalue weighted by Crippen LogP contribution is 2.24. The summed E-state index contributed by atoms with van der Waals surface area (Å²) in [5, 5.41) is 4.98. The number of aryl methyl sites for hydroxylation is 1. The van der Waals surface area contributed by atoms with E-state index in [9.17, 15) is 13.2 Å². The number of benzene rings is 2. The lowest BCUT2D eigenvalue weighted by Gasteiger charge is -2.17. The highest BCUT2D eigenvalue weighted by molar-refractivity contribution is 7.92. The van der Waals surface area contributed by atoms with Gasteiger partial charge < -0.3 is 10.1 Å². The Balaban J connectivity index is 1.83. The van der Waals surface area contributed by atoms with Gasteiger partial charge in [0, 0.05) is 16.1 Å². The van der Waals surface area contributed by atoms with Crippen LogP contribution in [0.15, 0.2) is 64.9 Å². The van der Waals surface area contributed by atoms with E-state index in [-0.39, 0.29) is 16.8 Å². The van der Waals surface area contributed by atoms with Crippen LogP contribution >= 0.6 is 11.3 Å². The molecule has 1 amide bonds. The fourth-order valence-electron chi connectivity index (χ4n) is 2.99. The molecule has 30 heavy (non-hydrogen) atoms. The molecular formula is C22H24N2O4S2. The lowest BCUT2D eigenvalue weighted by atomic mass is 10.1. The second kappa shape index (κ2) is 9.32. The Morgan fingerprint density at radius 1 is 1.13 bits per heavy atom. The van der Waals surface area contributed by atoms with Crippen LogP contribution in [0.25, 0.3) is 0 Å². The van der Waals surface area contributed by atoms with Crippen LogP contribution in [0, 0.1) is 6.92 Å². The number of sulfonamides is 1. The molecule has 0 saturated carbocycles. The predicted molar refractivity (Wildman–Crippen MR) is 120 cm³/mol. The largest absolute Gasteiger partial charge is 0.497 e. The number of methoxy groups -OCH3 is 1. The van der Waals surface area contributed by atoms with Gasteiger partial charge in [-0.2, -0.15) is 0 Å². The number of ether oxygens (including phenoxy) is 1. The molecule has 3 aromatic rings. The maximum absolute atomic E-state index is 12.9. The summed E-state index contributed by atoms with van der Waals surface area (Å²) in [6.07, 6.45) is 0.738. The quantitative estimate of drug-likeness (QED) is 0.525. The lowest BCUT2D eigenvalue weighted by Crippen LogP contribution is -2.28. The van der Waals surface area contributed by atoms with Gasteiger partial charge in [-0.05, 0) is 66.8 Å². The summed E-state index contributed by atoms with van der Waals surface area (Å²) >= 11 is 1.58. The second-order valence-electron chi connectivity index (χ2n) is 6.76. The van der Waals surface area contributed by atoms with Crippen LogP contribution in [0.2, 0.25) is 0 Å². The summed E-state index contributed by atoms with van der Waals surface area (Å²) in [6, 6.07) is 14.9. The number of anilines is 1. The van der Waals surface area contributed by atoms with E-state index in [2.05, 4.69) is 10.0 Å². The minimum Gasteiger partial charge on any atom is -0.497 e. The average Bonchev–Trinajstić information content (AvgIpc) is 3.27. The number of thiophene rings is 1. The highest BCUT2D eigenvalue weighted by Gasteiger charge is 2.20. The van der Waals surface area contributed by atoms with Crippen LogP contribution in [0.4, 0.5) is 5.69 Å². The average molecular weight is 445 g/mol. The van der Waals surface area contributed by atoms with Crippen LogP contribution in [0.5, 0.6) is 5.75 Å². The summed E-state index contributed by atoms with van der Waals surface area (Å²) < 4.78 is 33.3. The van der Waals surface area contributed by atoms with Crippen molar-refractivity contribution in [2.45, 2.75) is 31.2 Å². The first kappa shape index (κ1) is 21.9. The molecule has 2 aromatic carbocycles. The van der Waals surface area contributed by atoms with Crippen LogP contribution < -0.4 is 14.8 Å². The Morgan fingerprint density at radius 2 is 1.87 bits per heavy atom. The summed E-state index contributed by atoms with van der Waals surface area (Å²) in [5.74, 6) is 0.331. The Kier molecular flexibility index (Phi) is 6.79. The molecule has 1 heterocycles. The molecule has 0 saturated heterocycles. The summed E-state index contributed by atoms with van der Waals surface area (Å²) in [5.41, 5.74) is 1.45. The first-order chi connectivity index (χ1) is 14.3. The number of carbonyl (C=O) groups is 1. The topological polar surface area (TPSA) is 84.5 Å².